The van der Waals surface area contributed by atoms with E-state index in [1.54, 1.807) is 32.6 Å². The standard InChI is InChI=1S/C19H29F3N6O4/c1-12(25-17(30)32-18(2,3)4)11-31-27-16(29)26-14-5-7-28(8-6-14)15-23-9-13(10-24-15)19(20,21)22/h9-10,12,14H,5-8,11H2,1-4H3,(H,25,30)(H2,26,27,29)/t12-/m0/s1. The summed E-state index contributed by atoms with van der Waals surface area (Å²) in [4.78, 5) is 38.1. The highest BCUT2D eigenvalue weighted by Crippen LogP contribution is 2.28. The van der Waals surface area contributed by atoms with Crippen LogP contribution in [0.25, 0.3) is 0 Å². The van der Waals surface area contributed by atoms with Crippen molar-refractivity contribution in [2.75, 3.05) is 24.6 Å². The number of carbonyl (C=O) groups excluding carboxylic acids is 2. The topological polar surface area (TPSA) is 118 Å². The van der Waals surface area contributed by atoms with Crippen LogP contribution in [0.5, 0.6) is 0 Å². The van der Waals surface area contributed by atoms with Gasteiger partial charge < -0.3 is 20.3 Å². The number of hydroxylamine groups is 1. The average Bonchev–Trinajstić information content (AvgIpc) is 2.66. The van der Waals surface area contributed by atoms with Crippen LogP contribution < -0.4 is 21.0 Å². The first-order chi connectivity index (χ1) is 14.8. The Bertz CT molecular complexity index is 762. The van der Waals surface area contributed by atoms with E-state index in [0.29, 0.717) is 25.9 Å². The van der Waals surface area contributed by atoms with Gasteiger partial charge in [-0.2, -0.15) is 13.2 Å². The number of rotatable bonds is 6. The van der Waals surface area contributed by atoms with E-state index in [1.165, 1.54) is 0 Å². The van der Waals surface area contributed by atoms with E-state index < -0.39 is 35.5 Å². The van der Waals surface area contributed by atoms with Crippen molar-refractivity contribution in [2.24, 2.45) is 0 Å². The first kappa shape index (κ1) is 25.4. The van der Waals surface area contributed by atoms with E-state index in [9.17, 15) is 22.8 Å². The van der Waals surface area contributed by atoms with Gasteiger partial charge in [-0.3, -0.25) is 4.84 Å². The van der Waals surface area contributed by atoms with Crippen molar-refractivity contribution in [1.29, 1.82) is 0 Å². The summed E-state index contributed by atoms with van der Waals surface area (Å²) in [5.41, 5.74) is 0.746. The summed E-state index contributed by atoms with van der Waals surface area (Å²) >= 11 is 0. The molecule has 1 aliphatic rings. The normalized spacial score (nSPS) is 16.3. The van der Waals surface area contributed by atoms with Crippen LogP contribution in [0, 0.1) is 0 Å². The summed E-state index contributed by atoms with van der Waals surface area (Å²) < 4.78 is 43.0. The molecule has 1 fully saturated rings. The first-order valence-corrected chi connectivity index (χ1v) is 10.2. The number of nitrogens with one attached hydrogen (secondary N) is 3. The minimum absolute atomic E-state index is 0.0381. The van der Waals surface area contributed by atoms with E-state index in [0.717, 1.165) is 12.4 Å². The number of carbonyl (C=O) groups is 2. The number of piperidine rings is 1. The zero-order chi connectivity index (χ0) is 23.9. The summed E-state index contributed by atoms with van der Waals surface area (Å²) in [7, 11) is 0. The molecule has 10 nitrogen and oxygen atoms in total. The van der Waals surface area contributed by atoms with Crippen LogP contribution >= 0.6 is 0 Å². The van der Waals surface area contributed by atoms with Crippen LogP contribution in [0.4, 0.5) is 28.7 Å². The van der Waals surface area contributed by atoms with Crippen molar-refractivity contribution < 1.29 is 32.3 Å². The molecule has 13 heteroatoms. The molecule has 3 amide bonds. The van der Waals surface area contributed by atoms with Gasteiger partial charge in [-0.1, -0.05) is 0 Å². The second-order valence-electron chi connectivity index (χ2n) is 8.46. The molecular weight excluding hydrogens is 433 g/mol. The smallest absolute Gasteiger partial charge is 0.419 e. The molecule has 2 heterocycles. The summed E-state index contributed by atoms with van der Waals surface area (Å²) in [6, 6.07) is -1.06. The Morgan fingerprint density at radius 2 is 1.78 bits per heavy atom. The van der Waals surface area contributed by atoms with E-state index in [4.69, 9.17) is 9.57 Å². The SMILES string of the molecule is C[C@@H](CONC(=O)NC1CCN(c2ncc(C(F)(F)F)cn2)CC1)NC(=O)OC(C)(C)C. The fraction of sp³-hybridized carbons (Fsp3) is 0.684. The maximum Gasteiger partial charge on any atom is 0.419 e. The lowest BCUT2D eigenvalue weighted by Crippen LogP contribution is -2.49. The van der Waals surface area contributed by atoms with Gasteiger partial charge in [0.2, 0.25) is 5.95 Å². The van der Waals surface area contributed by atoms with E-state index in [2.05, 4.69) is 26.1 Å². The van der Waals surface area contributed by atoms with Gasteiger partial charge in [0, 0.05) is 31.5 Å². The maximum absolute atomic E-state index is 12.6. The van der Waals surface area contributed by atoms with Gasteiger partial charge in [0.25, 0.3) is 0 Å². The summed E-state index contributed by atoms with van der Waals surface area (Å²) in [5.74, 6) is 0.218. The fourth-order valence-electron chi connectivity index (χ4n) is 2.85. The molecule has 1 aliphatic heterocycles. The Labute approximate surface area is 184 Å². The molecule has 1 atom stereocenters. The summed E-state index contributed by atoms with van der Waals surface area (Å²) in [6.45, 7) is 7.95. The van der Waals surface area contributed by atoms with Gasteiger partial charge in [-0.05, 0) is 40.5 Å². The van der Waals surface area contributed by atoms with Gasteiger partial charge in [0.15, 0.2) is 0 Å². The molecular formula is C19H29F3N6O4. The van der Waals surface area contributed by atoms with Crippen LogP contribution in [-0.2, 0) is 15.8 Å². The van der Waals surface area contributed by atoms with E-state index in [1.807, 2.05) is 0 Å². The number of hydrogen-bond donors (Lipinski definition) is 3. The Hall–Kier alpha value is -2.83. The molecule has 180 valence electrons. The molecule has 1 saturated heterocycles. The number of hydrogen-bond acceptors (Lipinski definition) is 7. The molecule has 0 aromatic carbocycles. The Kier molecular flexibility index (Phi) is 8.47. The van der Waals surface area contributed by atoms with E-state index >= 15 is 0 Å². The molecule has 2 rings (SSSR count). The predicted octanol–water partition coefficient (Wildman–Crippen LogP) is 2.61. The van der Waals surface area contributed by atoms with Crippen molar-refractivity contribution in [1.82, 2.24) is 26.1 Å². The largest absolute Gasteiger partial charge is 0.444 e. The zero-order valence-corrected chi connectivity index (χ0v) is 18.5. The van der Waals surface area contributed by atoms with Gasteiger partial charge in [0.1, 0.15) is 5.60 Å². The maximum atomic E-state index is 12.6. The monoisotopic (exact) mass is 462 g/mol. The summed E-state index contributed by atoms with van der Waals surface area (Å²) in [6.07, 6.45) is -2.41. The van der Waals surface area contributed by atoms with Gasteiger partial charge in [-0.25, -0.2) is 25.0 Å². The minimum Gasteiger partial charge on any atom is -0.444 e. The van der Waals surface area contributed by atoms with Crippen LogP contribution in [-0.4, -0.2) is 59.5 Å². The molecule has 0 bridgehead atoms. The van der Waals surface area contributed by atoms with Crippen LogP contribution in [0.15, 0.2) is 12.4 Å². The zero-order valence-electron chi connectivity index (χ0n) is 18.5. The third-order valence-electron chi connectivity index (χ3n) is 4.34. The molecule has 32 heavy (non-hydrogen) atoms. The number of aromatic nitrogens is 2. The predicted molar refractivity (Wildman–Crippen MR) is 109 cm³/mol. The lowest BCUT2D eigenvalue weighted by molar-refractivity contribution is -0.138. The third kappa shape index (κ3) is 8.73. The highest BCUT2D eigenvalue weighted by Gasteiger charge is 2.32. The Morgan fingerprint density at radius 3 is 2.31 bits per heavy atom. The van der Waals surface area contributed by atoms with Gasteiger partial charge in [0.05, 0.1) is 18.2 Å². The number of urea groups is 1. The second kappa shape index (κ2) is 10.7. The molecule has 3 N–H and O–H groups in total. The lowest BCUT2D eigenvalue weighted by Gasteiger charge is -2.32. The third-order valence-corrected chi connectivity index (χ3v) is 4.34. The Morgan fingerprint density at radius 1 is 1.19 bits per heavy atom. The number of nitrogens with zero attached hydrogens (tertiary/aromatic N) is 3. The highest BCUT2D eigenvalue weighted by atomic mass is 19.4. The molecule has 0 spiro atoms. The van der Waals surface area contributed by atoms with Crippen LogP contribution in [0.1, 0.15) is 46.1 Å². The number of ether oxygens (including phenoxy) is 1. The fourth-order valence-corrected chi connectivity index (χ4v) is 2.85. The number of halogens is 3. The quantitative estimate of drug-likeness (QED) is 0.556. The second-order valence-corrected chi connectivity index (χ2v) is 8.46. The van der Waals surface area contributed by atoms with Crippen LogP contribution in [0.2, 0.25) is 0 Å². The number of anilines is 1. The molecule has 1 aromatic rings. The van der Waals surface area contributed by atoms with Crippen molar-refractivity contribution in [3.63, 3.8) is 0 Å². The van der Waals surface area contributed by atoms with Gasteiger partial charge >= 0.3 is 18.3 Å². The lowest BCUT2D eigenvalue weighted by atomic mass is 10.1. The summed E-state index contributed by atoms with van der Waals surface area (Å²) in [5, 5.41) is 5.35. The van der Waals surface area contributed by atoms with Crippen molar-refractivity contribution in [2.45, 2.75) is 64.4 Å². The molecule has 0 unspecified atom stereocenters. The Balaban J connectivity index is 1.66. The van der Waals surface area contributed by atoms with Gasteiger partial charge in [-0.15, -0.1) is 0 Å². The molecule has 1 aromatic heterocycles. The highest BCUT2D eigenvalue weighted by molar-refractivity contribution is 5.73. The van der Waals surface area contributed by atoms with Crippen LogP contribution in [0.3, 0.4) is 0 Å². The number of alkyl carbamates (subject to hydrolysis) is 1. The molecule has 0 saturated carbocycles. The minimum atomic E-state index is -4.48. The van der Waals surface area contributed by atoms with Crippen molar-refractivity contribution in [3.8, 4) is 0 Å². The first-order valence-electron chi connectivity index (χ1n) is 10.2. The number of alkyl halides is 3. The van der Waals surface area contributed by atoms with E-state index in [-0.39, 0.29) is 18.6 Å². The molecule has 0 aliphatic carbocycles. The molecule has 0 radical (unpaired) electrons. The number of amides is 3. The van der Waals surface area contributed by atoms with Crippen molar-refractivity contribution in [3.05, 3.63) is 18.0 Å². The van der Waals surface area contributed by atoms with Crippen molar-refractivity contribution >= 4 is 18.1 Å². The average molecular weight is 462 g/mol.